The van der Waals surface area contributed by atoms with Crippen molar-refractivity contribution in [2.45, 2.75) is 63.1 Å². The molecule has 1 aliphatic rings. The van der Waals surface area contributed by atoms with Crippen molar-refractivity contribution >= 4 is 55.1 Å². The molecule has 3 aromatic rings. The van der Waals surface area contributed by atoms with Gasteiger partial charge in [0, 0.05) is 22.1 Å². The normalized spacial score (nSPS) is 14.5. The molecule has 2 amide bonds. The third-order valence-corrected chi connectivity index (χ3v) is 9.66. The number of hydrogen-bond donors (Lipinski definition) is 1. The second kappa shape index (κ2) is 13.2. The molecule has 0 heterocycles. The molecule has 0 spiro atoms. The van der Waals surface area contributed by atoms with Crippen molar-refractivity contribution in [1.29, 1.82) is 0 Å². The predicted octanol–water partition coefficient (Wildman–Crippen LogP) is 6.08. The molecule has 4 rings (SSSR count). The second-order valence-electron chi connectivity index (χ2n) is 10.1. The molecule has 212 valence electrons. The zero-order valence-corrected chi connectivity index (χ0v) is 25.7. The van der Waals surface area contributed by atoms with Gasteiger partial charge in [-0.1, -0.05) is 76.8 Å². The molecular formula is C30H33BrClN3O4S. The highest BCUT2D eigenvalue weighted by Gasteiger charge is 2.34. The fraction of sp³-hybridized carbons (Fsp3) is 0.333. The fourth-order valence-electron chi connectivity index (χ4n) is 4.89. The summed E-state index contributed by atoms with van der Waals surface area (Å²) in [6.07, 6.45) is 3.95. The number of benzene rings is 3. The molecule has 0 aliphatic heterocycles. The van der Waals surface area contributed by atoms with Gasteiger partial charge in [-0.15, -0.1) is 0 Å². The van der Waals surface area contributed by atoms with Crippen molar-refractivity contribution in [3.8, 4) is 0 Å². The number of amides is 2. The minimum absolute atomic E-state index is 0.0488. The van der Waals surface area contributed by atoms with Gasteiger partial charge in [-0.2, -0.15) is 0 Å². The van der Waals surface area contributed by atoms with Crippen LogP contribution in [0, 0.1) is 6.92 Å². The second-order valence-corrected chi connectivity index (χ2v) is 13.3. The van der Waals surface area contributed by atoms with E-state index in [1.165, 1.54) is 17.0 Å². The number of carbonyl (C=O) groups excluding carboxylic acids is 2. The highest BCUT2D eigenvalue weighted by molar-refractivity contribution is 9.10. The SMILES string of the molecule is Cc1ccc(Cl)cc1N(CC(=O)N(Cc1cccc(Br)c1)[C@@H](C)C(=O)NC1CCCC1)S(=O)(=O)c1ccccc1. The Morgan fingerprint density at radius 1 is 1.02 bits per heavy atom. The third kappa shape index (κ3) is 7.25. The Bertz CT molecular complexity index is 1460. The standard InChI is InChI=1S/C30H33BrClN3O4S/c1-21-15-16-25(32)18-28(21)35(40(38,39)27-13-4-3-5-14-27)20-29(36)34(19-23-9-8-10-24(31)17-23)22(2)30(37)33-26-11-6-7-12-26/h3-5,8-10,13-18,22,26H,6-7,11-12,19-20H2,1-2H3,(H,33,37)/t22-/m0/s1. The summed E-state index contributed by atoms with van der Waals surface area (Å²) < 4.78 is 29.8. The summed E-state index contributed by atoms with van der Waals surface area (Å²) >= 11 is 9.75. The molecule has 1 atom stereocenters. The maximum atomic E-state index is 14.1. The Morgan fingerprint density at radius 2 is 1.73 bits per heavy atom. The molecule has 1 fully saturated rings. The Labute approximate surface area is 249 Å². The molecule has 1 N–H and O–H groups in total. The van der Waals surface area contributed by atoms with E-state index in [4.69, 9.17) is 11.6 Å². The molecule has 10 heteroatoms. The average molecular weight is 647 g/mol. The molecular weight excluding hydrogens is 614 g/mol. The quantitative estimate of drug-likeness (QED) is 0.289. The summed E-state index contributed by atoms with van der Waals surface area (Å²) in [4.78, 5) is 28.9. The smallest absolute Gasteiger partial charge is 0.264 e. The van der Waals surface area contributed by atoms with Crippen molar-refractivity contribution < 1.29 is 18.0 Å². The summed E-state index contributed by atoms with van der Waals surface area (Å²) in [5.41, 5.74) is 1.75. The van der Waals surface area contributed by atoms with Gasteiger partial charge in [-0.05, 0) is 74.2 Å². The van der Waals surface area contributed by atoms with Gasteiger partial charge >= 0.3 is 0 Å². The van der Waals surface area contributed by atoms with Gasteiger partial charge in [0.2, 0.25) is 11.8 Å². The van der Waals surface area contributed by atoms with E-state index in [-0.39, 0.29) is 23.4 Å². The number of nitrogens with one attached hydrogen (secondary N) is 1. The first-order valence-electron chi connectivity index (χ1n) is 13.2. The van der Waals surface area contributed by atoms with E-state index < -0.39 is 28.5 Å². The van der Waals surface area contributed by atoms with Crippen LogP contribution in [0.1, 0.15) is 43.7 Å². The van der Waals surface area contributed by atoms with Crippen LogP contribution >= 0.6 is 27.5 Å². The van der Waals surface area contributed by atoms with E-state index in [0.29, 0.717) is 16.3 Å². The maximum absolute atomic E-state index is 14.1. The van der Waals surface area contributed by atoms with Gasteiger partial charge in [0.15, 0.2) is 0 Å². The van der Waals surface area contributed by atoms with Crippen LogP contribution < -0.4 is 9.62 Å². The van der Waals surface area contributed by atoms with Gasteiger partial charge in [0.1, 0.15) is 12.6 Å². The number of hydrogen-bond acceptors (Lipinski definition) is 4. The summed E-state index contributed by atoms with van der Waals surface area (Å²) in [7, 11) is -4.15. The first-order valence-corrected chi connectivity index (χ1v) is 15.9. The molecule has 0 aromatic heterocycles. The van der Waals surface area contributed by atoms with E-state index in [1.54, 1.807) is 50.2 Å². The Hall–Kier alpha value is -2.88. The molecule has 7 nitrogen and oxygen atoms in total. The number of rotatable bonds is 10. The van der Waals surface area contributed by atoms with E-state index in [1.807, 2.05) is 24.3 Å². The van der Waals surface area contributed by atoms with Crippen molar-refractivity contribution in [1.82, 2.24) is 10.2 Å². The number of halogens is 2. The number of aryl methyl sites for hydroxylation is 1. The Balaban J connectivity index is 1.71. The van der Waals surface area contributed by atoms with Gasteiger partial charge in [0.25, 0.3) is 10.0 Å². The minimum Gasteiger partial charge on any atom is -0.352 e. The van der Waals surface area contributed by atoms with Crippen LogP contribution in [0.25, 0.3) is 0 Å². The predicted molar refractivity (Wildman–Crippen MR) is 162 cm³/mol. The molecule has 3 aromatic carbocycles. The van der Waals surface area contributed by atoms with Crippen LogP contribution in [0.5, 0.6) is 0 Å². The summed E-state index contributed by atoms with van der Waals surface area (Å²) in [6.45, 7) is 3.07. The number of anilines is 1. The molecule has 1 saturated carbocycles. The lowest BCUT2D eigenvalue weighted by atomic mass is 10.1. The molecule has 0 bridgehead atoms. The molecule has 1 aliphatic carbocycles. The van der Waals surface area contributed by atoms with Gasteiger partial charge in [0.05, 0.1) is 10.6 Å². The summed E-state index contributed by atoms with van der Waals surface area (Å²) in [5, 5.41) is 3.42. The molecule has 0 radical (unpaired) electrons. The van der Waals surface area contributed by atoms with Gasteiger partial charge in [-0.3, -0.25) is 13.9 Å². The first-order chi connectivity index (χ1) is 19.1. The lowest BCUT2D eigenvalue weighted by molar-refractivity contribution is -0.139. The number of carbonyl (C=O) groups is 2. The molecule has 0 saturated heterocycles. The highest BCUT2D eigenvalue weighted by atomic mass is 79.9. The monoisotopic (exact) mass is 645 g/mol. The molecule has 0 unspecified atom stereocenters. The van der Waals surface area contributed by atoms with Crippen LogP contribution in [-0.4, -0.2) is 43.8 Å². The topological polar surface area (TPSA) is 86.8 Å². The van der Waals surface area contributed by atoms with Crippen molar-refractivity contribution in [3.05, 3.63) is 93.4 Å². The molecule has 40 heavy (non-hydrogen) atoms. The lowest BCUT2D eigenvalue weighted by Crippen LogP contribution is -2.52. The lowest BCUT2D eigenvalue weighted by Gasteiger charge is -2.33. The van der Waals surface area contributed by atoms with Crippen LogP contribution in [0.2, 0.25) is 5.02 Å². The Kier molecular flexibility index (Phi) is 9.92. The van der Waals surface area contributed by atoms with E-state index in [0.717, 1.165) is 40.0 Å². The van der Waals surface area contributed by atoms with Crippen LogP contribution in [0.3, 0.4) is 0 Å². The van der Waals surface area contributed by atoms with Crippen molar-refractivity contribution in [2.75, 3.05) is 10.8 Å². The average Bonchev–Trinajstić information content (AvgIpc) is 3.45. The van der Waals surface area contributed by atoms with Gasteiger partial charge < -0.3 is 10.2 Å². The number of sulfonamides is 1. The Morgan fingerprint density at radius 3 is 2.40 bits per heavy atom. The number of nitrogens with zero attached hydrogens (tertiary/aromatic N) is 2. The minimum atomic E-state index is -4.15. The summed E-state index contributed by atoms with van der Waals surface area (Å²) in [5.74, 6) is -0.764. The van der Waals surface area contributed by atoms with Crippen LogP contribution in [0.4, 0.5) is 5.69 Å². The van der Waals surface area contributed by atoms with E-state index >= 15 is 0 Å². The fourth-order valence-corrected chi connectivity index (χ4v) is 7.00. The van der Waals surface area contributed by atoms with Crippen molar-refractivity contribution in [2.24, 2.45) is 0 Å². The zero-order chi connectivity index (χ0) is 28.9. The summed E-state index contributed by atoms with van der Waals surface area (Å²) in [6, 6.07) is 19.6. The van der Waals surface area contributed by atoms with E-state index in [2.05, 4.69) is 21.2 Å². The van der Waals surface area contributed by atoms with Crippen molar-refractivity contribution in [3.63, 3.8) is 0 Å². The van der Waals surface area contributed by atoms with Crippen LogP contribution in [0.15, 0.2) is 82.2 Å². The van der Waals surface area contributed by atoms with Gasteiger partial charge in [-0.25, -0.2) is 8.42 Å². The highest BCUT2D eigenvalue weighted by Crippen LogP contribution is 2.30. The largest absolute Gasteiger partial charge is 0.352 e. The maximum Gasteiger partial charge on any atom is 0.264 e. The van der Waals surface area contributed by atoms with E-state index in [9.17, 15) is 18.0 Å². The first kappa shape index (κ1) is 30.1. The zero-order valence-electron chi connectivity index (χ0n) is 22.5. The third-order valence-electron chi connectivity index (χ3n) is 7.16. The van der Waals surface area contributed by atoms with Crippen LogP contribution in [-0.2, 0) is 26.2 Å².